The first kappa shape index (κ1) is 14.1. The molecule has 0 aliphatic carbocycles. The Kier molecular flexibility index (Phi) is 4.50. The molecule has 1 N–H and O–H groups in total. The molecular weight excluding hydrogens is 295 g/mol. The van der Waals surface area contributed by atoms with E-state index >= 15 is 0 Å². The summed E-state index contributed by atoms with van der Waals surface area (Å²) in [5, 5.41) is 3.90. The molecule has 1 aliphatic heterocycles. The van der Waals surface area contributed by atoms with Crippen LogP contribution < -0.4 is 5.32 Å². The highest BCUT2D eigenvalue weighted by molar-refractivity contribution is 7.88. The fourth-order valence-corrected chi connectivity index (χ4v) is 4.15. The van der Waals surface area contributed by atoms with Crippen LogP contribution in [0.4, 0.5) is 0 Å². The average Bonchev–Trinajstić information content (AvgIpc) is 2.35. The van der Waals surface area contributed by atoms with Gasteiger partial charge in [0.05, 0.1) is 5.75 Å². The summed E-state index contributed by atoms with van der Waals surface area (Å²) >= 11 is 12.0. The molecule has 1 aromatic carbocycles. The maximum atomic E-state index is 12.2. The Balaban J connectivity index is 2.22. The first-order valence-corrected chi connectivity index (χ1v) is 7.98. The summed E-state index contributed by atoms with van der Waals surface area (Å²) in [5.41, 5.74) is 0.472. The van der Waals surface area contributed by atoms with E-state index in [4.69, 9.17) is 23.2 Å². The quantitative estimate of drug-likeness (QED) is 0.925. The first-order valence-electron chi connectivity index (χ1n) is 5.62. The molecule has 0 saturated carbocycles. The van der Waals surface area contributed by atoms with E-state index in [1.165, 1.54) is 4.31 Å². The topological polar surface area (TPSA) is 49.4 Å². The van der Waals surface area contributed by atoms with E-state index in [1.807, 2.05) is 0 Å². The van der Waals surface area contributed by atoms with Crippen molar-refractivity contribution in [2.75, 3.05) is 26.2 Å². The highest BCUT2D eigenvalue weighted by Crippen LogP contribution is 2.27. The fourth-order valence-electron chi connectivity index (χ4n) is 1.87. The summed E-state index contributed by atoms with van der Waals surface area (Å²) in [6, 6.07) is 5.00. The number of rotatable bonds is 3. The van der Waals surface area contributed by atoms with Crippen molar-refractivity contribution in [3.8, 4) is 0 Å². The minimum atomic E-state index is -3.36. The molecule has 0 aromatic heterocycles. The van der Waals surface area contributed by atoms with E-state index in [0.29, 0.717) is 41.8 Å². The van der Waals surface area contributed by atoms with Crippen LogP contribution in [0.5, 0.6) is 0 Å². The third kappa shape index (κ3) is 3.16. The molecule has 1 saturated heterocycles. The number of benzene rings is 1. The second-order valence-corrected chi connectivity index (χ2v) is 6.89. The molecule has 0 amide bonds. The Labute approximate surface area is 117 Å². The maximum absolute atomic E-state index is 12.2. The van der Waals surface area contributed by atoms with Crippen LogP contribution in [0.1, 0.15) is 5.56 Å². The van der Waals surface area contributed by atoms with Crippen LogP contribution in [-0.4, -0.2) is 38.9 Å². The van der Waals surface area contributed by atoms with Crippen molar-refractivity contribution in [2.24, 2.45) is 0 Å². The van der Waals surface area contributed by atoms with Gasteiger partial charge in [0.15, 0.2) is 0 Å². The van der Waals surface area contributed by atoms with E-state index in [1.54, 1.807) is 18.2 Å². The van der Waals surface area contributed by atoms with Gasteiger partial charge in [0.25, 0.3) is 0 Å². The zero-order chi connectivity index (χ0) is 13.2. The number of nitrogens with one attached hydrogen (secondary N) is 1. The van der Waals surface area contributed by atoms with Gasteiger partial charge in [-0.1, -0.05) is 29.3 Å². The standard InChI is InChI=1S/C11H14Cl2N2O2S/c12-10-2-1-3-11(13)9(10)8-18(16,17)15-6-4-14-5-7-15/h1-3,14H,4-8H2. The van der Waals surface area contributed by atoms with Crippen LogP contribution in [0.3, 0.4) is 0 Å². The Hall–Kier alpha value is -0.330. The lowest BCUT2D eigenvalue weighted by Crippen LogP contribution is -2.46. The largest absolute Gasteiger partial charge is 0.314 e. The van der Waals surface area contributed by atoms with Crippen LogP contribution in [0, 0.1) is 0 Å². The lowest BCUT2D eigenvalue weighted by molar-refractivity contribution is 0.360. The highest BCUT2D eigenvalue weighted by atomic mass is 35.5. The molecule has 7 heteroatoms. The molecule has 0 radical (unpaired) electrons. The summed E-state index contributed by atoms with van der Waals surface area (Å²) in [7, 11) is -3.36. The second kappa shape index (κ2) is 5.75. The Morgan fingerprint density at radius 2 is 1.72 bits per heavy atom. The van der Waals surface area contributed by atoms with Crippen molar-refractivity contribution >= 4 is 33.2 Å². The molecule has 18 heavy (non-hydrogen) atoms. The second-order valence-electron chi connectivity index (χ2n) is 4.11. The summed E-state index contributed by atoms with van der Waals surface area (Å²) in [6.45, 7) is 2.33. The van der Waals surface area contributed by atoms with Crippen LogP contribution in [0.2, 0.25) is 10.0 Å². The number of sulfonamides is 1. The third-order valence-corrected chi connectivity index (χ3v) is 5.37. The normalized spacial score (nSPS) is 17.9. The number of hydrogen-bond acceptors (Lipinski definition) is 3. The Bertz CT molecular complexity index is 508. The highest BCUT2D eigenvalue weighted by Gasteiger charge is 2.25. The fraction of sp³-hybridized carbons (Fsp3) is 0.455. The van der Waals surface area contributed by atoms with Gasteiger partial charge in [0, 0.05) is 41.8 Å². The SMILES string of the molecule is O=S(=O)(Cc1c(Cl)cccc1Cl)N1CCNCC1. The van der Waals surface area contributed by atoms with Crippen molar-refractivity contribution < 1.29 is 8.42 Å². The van der Waals surface area contributed by atoms with Crippen molar-refractivity contribution in [3.63, 3.8) is 0 Å². The molecule has 0 bridgehead atoms. The van der Waals surface area contributed by atoms with Gasteiger partial charge >= 0.3 is 0 Å². The number of nitrogens with zero attached hydrogens (tertiary/aromatic N) is 1. The smallest absolute Gasteiger partial charge is 0.218 e. The minimum absolute atomic E-state index is 0.147. The molecule has 1 aliphatic rings. The van der Waals surface area contributed by atoms with Gasteiger partial charge in [-0.2, -0.15) is 4.31 Å². The van der Waals surface area contributed by atoms with E-state index in [0.717, 1.165) is 0 Å². The minimum Gasteiger partial charge on any atom is -0.314 e. The molecule has 4 nitrogen and oxygen atoms in total. The molecule has 100 valence electrons. The van der Waals surface area contributed by atoms with Crippen LogP contribution >= 0.6 is 23.2 Å². The average molecular weight is 309 g/mol. The zero-order valence-corrected chi connectivity index (χ0v) is 12.0. The summed E-state index contributed by atoms with van der Waals surface area (Å²) in [5.74, 6) is -0.147. The van der Waals surface area contributed by atoms with E-state index in [-0.39, 0.29) is 5.75 Å². The van der Waals surface area contributed by atoms with E-state index in [2.05, 4.69) is 5.32 Å². The van der Waals surface area contributed by atoms with Gasteiger partial charge in [-0.3, -0.25) is 0 Å². The Morgan fingerprint density at radius 3 is 2.28 bits per heavy atom. The van der Waals surface area contributed by atoms with Crippen molar-refractivity contribution in [3.05, 3.63) is 33.8 Å². The third-order valence-electron chi connectivity index (χ3n) is 2.86. The van der Waals surface area contributed by atoms with Gasteiger partial charge in [-0.15, -0.1) is 0 Å². The molecule has 1 fully saturated rings. The molecule has 2 rings (SSSR count). The summed E-state index contributed by atoms with van der Waals surface area (Å²) in [4.78, 5) is 0. The molecule has 1 heterocycles. The lowest BCUT2D eigenvalue weighted by atomic mass is 10.2. The molecule has 0 spiro atoms. The van der Waals surface area contributed by atoms with E-state index < -0.39 is 10.0 Å². The number of hydrogen-bond donors (Lipinski definition) is 1. The van der Waals surface area contributed by atoms with Gasteiger partial charge in [-0.05, 0) is 12.1 Å². The van der Waals surface area contributed by atoms with Crippen LogP contribution in [0.25, 0.3) is 0 Å². The van der Waals surface area contributed by atoms with Crippen molar-refractivity contribution in [2.45, 2.75) is 5.75 Å². The maximum Gasteiger partial charge on any atom is 0.218 e. The molecule has 0 atom stereocenters. The van der Waals surface area contributed by atoms with Gasteiger partial charge in [0.2, 0.25) is 10.0 Å². The summed E-state index contributed by atoms with van der Waals surface area (Å²) in [6.07, 6.45) is 0. The van der Waals surface area contributed by atoms with Crippen LogP contribution in [-0.2, 0) is 15.8 Å². The predicted octanol–water partition coefficient (Wildman–Crippen LogP) is 1.73. The number of halogens is 2. The van der Waals surface area contributed by atoms with Crippen molar-refractivity contribution in [1.82, 2.24) is 9.62 Å². The van der Waals surface area contributed by atoms with Crippen molar-refractivity contribution in [1.29, 1.82) is 0 Å². The summed E-state index contributed by atoms with van der Waals surface area (Å²) < 4.78 is 26.0. The van der Waals surface area contributed by atoms with Crippen LogP contribution in [0.15, 0.2) is 18.2 Å². The lowest BCUT2D eigenvalue weighted by Gasteiger charge is -2.26. The molecular formula is C11H14Cl2N2O2S. The van der Waals surface area contributed by atoms with Gasteiger partial charge < -0.3 is 5.32 Å². The predicted molar refractivity (Wildman–Crippen MR) is 73.5 cm³/mol. The van der Waals surface area contributed by atoms with Gasteiger partial charge in [-0.25, -0.2) is 8.42 Å². The zero-order valence-electron chi connectivity index (χ0n) is 9.70. The first-order chi connectivity index (χ1) is 8.50. The number of piperazine rings is 1. The molecule has 1 aromatic rings. The molecule has 0 unspecified atom stereocenters. The monoisotopic (exact) mass is 308 g/mol. The van der Waals surface area contributed by atoms with Gasteiger partial charge in [0.1, 0.15) is 0 Å². The Morgan fingerprint density at radius 1 is 1.17 bits per heavy atom. The van der Waals surface area contributed by atoms with E-state index in [9.17, 15) is 8.42 Å².